The third-order valence-electron chi connectivity index (χ3n) is 2.61. The molecule has 0 aliphatic rings. The van der Waals surface area contributed by atoms with Crippen molar-refractivity contribution >= 4 is 21.7 Å². The summed E-state index contributed by atoms with van der Waals surface area (Å²) in [5.41, 5.74) is 1.12. The van der Waals surface area contributed by atoms with Crippen LogP contribution in [0, 0.1) is 6.92 Å². The molecule has 0 amide bonds. The van der Waals surface area contributed by atoms with Gasteiger partial charge in [-0.25, -0.2) is 9.97 Å². The second kappa shape index (κ2) is 5.31. The molecule has 1 atom stereocenters. The van der Waals surface area contributed by atoms with Crippen molar-refractivity contribution in [3.63, 3.8) is 0 Å². The largest absolute Gasteiger partial charge is 0.360 e. The molecule has 4 nitrogen and oxygen atoms in total. The number of aromatic amines is 1. The lowest BCUT2D eigenvalue weighted by Crippen LogP contribution is -2.13. The minimum Gasteiger partial charge on any atom is -0.360 e. The van der Waals surface area contributed by atoms with Gasteiger partial charge in [-0.15, -0.1) is 0 Å². The molecule has 0 aromatic carbocycles. The number of imidazole rings is 1. The normalized spacial score (nSPS) is 12.4. The van der Waals surface area contributed by atoms with Crippen molar-refractivity contribution in [2.75, 3.05) is 5.32 Å². The van der Waals surface area contributed by atoms with Crippen LogP contribution in [0.5, 0.6) is 0 Å². The van der Waals surface area contributed by atoms with Crippen molar-refractivity contribution in [2.24, 2.45) is 0 Å². The first-order valence-corrected chi connectivity index (χ1v) is 6.38. The minimum atomic E-state index is 0.164. The first kappa shape index (κ1) is 12.1. The van der Waals surface area contributed by atoms with E-state index in [1.165, 1.54) is 0 Å². The van der Waals surface area contributed by atoms with Gasteiger partial charge in [0.25, 0.3) is 0 Å². The van der Waals surface area contributed by atoms with E-state index in [9.17, 15) is 0 Å². The highest BCUT2D eigenvalue weighted by molar-refractivity contribution is 9.10. The highest BCUT2D eigenvalue weighted by Crippen LogP contribution is 2.22. The number of hydrogen-bond donors (Lipinski definition) is 2. The van der Waals surface area contributed by atoms with Crippen LogP contribution in [0.4, 0.5) is 5.82 Å². The third-order valence-corrected chi connectivity index (χ3v) is 3.05. The number of rotatable bonds is 4. The lowest BCUT2D eigenvalue weighted by Gasteiger charge is -2.16. The second-order valence-electron chi connectivity index (χ2n) is 3.90. The van der Waals surface area contributed by atoms with Gasteiger partial charge in [-0.05, 0) is 40.9 Å². The van der Waals surface area contributed by atoms with E-state index in [1.54, 1.807) is 12.4 Å². The zero-order chi connectivity index (χ0) is 12.3. The Morgan fingerprint density at radius 2 is 2.29 bits per heavy atom. The van der Waals surface area contributed by atoms with Crippen molar-refractivity contribution in [3.8, 4) is 0 Å². The number of anilines is 1. The van der Waals surface area contributed by atoms with Crippen molar-refractivity contribution in [3.05, 3.63) is 40.5 Å². The lowest BCUT2D eigenvalue weighted by atomic mass is 10.2. The Bertz CT molecular complexity index is 481. The van der Waals surface area contributed by atoms with Gasteiger partial charge in [-0.2, -0.15) is 0 Å². The van der Waals surface area contributed by atoms with E-state index in [1.807, 2.05) is 19.2 Å². The van der Waals surface area contributed by atoms with Crippen LogP contribution in [-0.4, -0.2) is 15.0 Å². The van der Waals surface area contributed by atoms with Crippen LogP contribution >= 0.6 is 15.9 Å². The summed E-state index contributed by atoms with van der Waals surface area (Å²) >= 11 is 3.41. The van der Waals surface area contributed by atoms with Crippen LogP contribution in [0.15, 0.2) is 29.1 Å². The molecule has 2 aromatic heterocycles. The Morgan fingerprint density at radius 1 is 1.47 bits per heavy atom. The molecule has 0 bridgehead atoms. The van der Waals surface area contributed by atoms with Gasteiger partial charge in [0, 0.05) is 23.1 Å². The Kier molecular flexibility index (Phi) is 3.78. The highest BCUT2D eigenvalue weighted by Gasteiger charge is 2.13. The number of halogens is 1. The molecule has 0 fully saturated rings. The third kappa shape index (κ3) is 2.85. The van der Waals surface area contributed by atoms with Crippen LogP contribution < -0.4 is 5.32 Å². The zero-order valence-corrected chi connectivity index (χ0v) is 11.5. The molecule has 2 N–H and O–H groups in total. The Hall–Kier alpha value is -1.36. The van der Waals surface area contributed by atoms with E-state index in [2.05, 4.69) is 43.1 Å². The van der Waals surface area contributed by atoms with Crippen LogP contribution in [0.2, 0.25) is 0 Å². The van der Waals surface area contributed by atoms with E-state index in [0.717, 1.165) is 28.1 Å². The molecular formula is C12H15BrN4. The number of nitrogens with zero attached hydrogens (tertiary/aromatic N) is 2. The van der Waals surface area contributed by atoms with Crippen molar-refractivity contribution in [1.29, 1.82) is 0 Å². The van der Waals surface area contributed by atoms with Gasteiger partial charge in [-0.3, -0.25) is 0 Å². The van der Waals surface area contributed by atoms with Gasteiger partial charge >= 0.3 is 0 Å². The number of hydrogen-bond acceptors (Lipinski definition) is 3. The van der Waals surface area contributed by atoms with Gasteiger partial charge in [-0.1, -0.05) is 6.92 Å². The Balaban J connectivity index is 2.19. The zero-order valence-electron chi connectivity index (χ0n) is 9.87. The van der Waals surface area contributed by atoms with Crippen LogP contribution in [0.25, 0.3) is 0 Å². The van der Waals surface area contributed by atoms with E-state index in [-0.39, 0.29) is 6.04 Å². The quantitative estimate of drug-likeness (QED) is 0.908. The smallest absolute Gasteiger partial charge is 0.129 e. The minimum absolute atomic E-state index is 0.164. The van der Waals surface area contributed by atoms with Crippen LogP contribution in [0.3, 0.4) is 0 Å². The average molecular weight is 295 g/mol. The molecule has 0 spiro atoms. The van der Waals surface area contributed by atoms with Crippen molar-refractivity contribution in [1.82, 2.24) is 15.0 Å². The topological polar surface area (TPSA) is 53.6 Å². The fourth-order valence-corrected chi connectivity index (χ4v) is 2.13. The van der Waals surface area contributed by atoms with E-state index in [4.69, 9.17) is 0 Å². The van der Waals surface area contributed by atoms with Crippen molar-refractivity contribution < 1.29 is 0 Å². The van der Waals surface area contributed by atoms with Gasteiger partial charge in [0.05, 0.1) is 6.04 Å². The second-order valence-corrected chi connectivity index (χ2v) is 4.81. The van der Waals surface area contributed by atoms with E-state index < -0.39 is 0 Å². The molecule has 2 heterocycles. The van der Waals surface area contributed by atoms with Gasteiger partial charge in [0.1, 0.15) is 11.6 Å². The Morgan fingerprint density at radius 3 is 2.88 bits per heavy atom. The maximum Gasteiger partial charge on any atom is 0.129 e. The highest BCUT2D eigenvalue weighted by atomic mass is 79.9. The number of aromatic nitrogens is 3. The molecule has 5 heteroatoms. The molecule has 1 unspecified atom stereocenters. The molecule has 0 saturated heterocycles. The summed E-state index contributed by atoms with van der Waals surface area (Å²) in [6, 6.07) is 2.21. The van der Waals surface area contributed by atoms with Gasteiger partial charge < -0.3 is 10.3 Å². The number of nitrogens with one attached hydrogen (secondary N) is 2. The van der Waals surface area contributed by atoms with Crippen molar-refractivity contribution in [2.45, 2.75) is 26.3 Å². The summed E-state index contributed by atoms with van der Waals surface area (Å²) in [5, 5.41) is 3.40. The molecule has 0 aliphatic carbocycles. The summed E-state index contributed by atoms with van der Waals surface area (Å²) in [6.07, 6.45) is 6.35. The van der Waals surface area contributed by atoms with E-state index >= 15 is 0 Å². The maximum atomic E-state index is 4.38. The maximum absolute atomic E-state index is 4.38. The van der Waals surface area contributed by atoms with E-state index in [0.29, 0.717) is 0 Å². The van der Waals surface area contributed by atoms with Gasteiger partial charge in [0.2, 0.25) is 0 Å². The van der Waals surface area contributed by atoms with Crippen LogP contribution in [-0.2, 0) is 0 Å². The summed E-state index contributed by atoms with van der Waals surface area (Å²) in [5.74, 6) is 1.84. The van der Waals surface area contributed by atoms with Crippen LogP contribution in [0.1, 0.15) is 30.8 Å². The average Bonchev–Trinajstić information content (AvgIpc) is 2.81. The molecule has 2 aromatic rings. The molecule has 0 aliphatic heterocycles. The SMILES string of the molecule is CCC(Nc1ncc(Br)cc1C)c1ncc[nH]1. The summed E-state index contributed by atoms with van der Waals surface area (Å²) in [7, 11) is 0. The monoisotopic (exact) mass is 294 g/mol. The fraction of sp³-hybridized carbons (Fsp3) is 0.333. The number of aryl methyl sites for hydroxylation is 1. The lowest BCUT2D eigenvalue weighted by molar-refractivity contribution is 0.699. The number of H-pyrrole nitrogens is 1. The first-order valence-electron chi connectivity index (χ1n) is 5.58. The number of pyridine rings is 1. The first-order chi connectivity index (χ1) is 8.20. The fourth-order valence-electron chi connectivity index (χ4n) is 1.69. The Labute approximate surface area is 109 Å². The summed E-state index contributed by atoms with van der Waals surface area (Å²) in [6.45, 7) is 4.16. The summed E-state index contributed by atoms with van der Waals surface area (Å²) < 4.78 is 0.992. The molecule has 0 radical (unpaired) electrons. The summed E-state index contributed by atoms with van der Waals surface area (Å²) in [4.78, 5) is 11.8. The van der Waals surface area contributed by atoms with Gasteiger partial charge in [0.15, 0.2) is 0 Å². The molecular weight excluding hydrogens is 280 g/mol. The predicted octanol–water partition coefficient (Wildman–Crippen LogP) is 3.44. The molecule has 17 heavy (non-hydrogen) atoms. The predicted molar refractivity (Wildman–Crippen MR) is 71.9 cm³/mol. The molecule has 90 valence electrons. The standard InChI is InChI=1S/C12H15BrN4/c1-3-10(12-14-4-5-15-12)17-11-8(2)6-9(13)7-16-11/h4-7,10H,3H2,1-2H3,(H,14,15)(H,16,17). The molecule has 2 rings (SSSR count). The molecule has 0 saturated carbocycles.